The Morgan fingerprint density at radius 3 is 2.67 bits per heavy atom. The lowest BCUT2D eigenvalue weighted by Gasteiger charge is -2.49. The van der Waals surface area contributed by atoms with Gasteiger partial charge in [-0.2, -0.15) is 13.2 Å². The summed E-state index contributed by atoms with van der Waals surface area (Å²) < 4.78 is 44.7. The number of likely N-dealkylation sites (tertiary alicyclic amines) is 1. The van der Waals surface area contributed by atoms with Crippen molar-refractivity contribution in [2.75, 3.05) is 31.5 Å². The number of cyclic esters (lactones) is 1. The van der Waals surface area contributed by atoms with Crippen LogP contribution in [0.4, 0.5) is 23.8 Å². The molecule has 1 aliphatic carbocycles. The molecule has 2 aromatic rings. The molecule has 3 fully saturated rings. The van der Waals surface area contributed by atoms with Crippen LogP contribution in [-0.4, -0.2) is 71.2 Å². The van der Waals surface area contributed by atoms with Crippen LogP contribution in [-0.2, 0) is 15.7 Å². The summed E-state index contributed by atoms with van der Waals surface area (Å²) in [6, 6.07) is 3.74. The number of halogens is 3. The number of nitrogens with one attached hydrogen (secondary N) is 3. The number of alkyl carbamates (subject to hydrolysis) is 1. The molecule has 2 amide bonds. The summed E-state index contributed by atoms with van der Waals surface area (Å²) in [7, 11) is 0. The van der Waals surface area contributed by atoms with Crippen molar-refractivity contribution in [1.82, 2.24) is 25.5 Å². The van der Waals surface area contributed by atoms with Crippen molar-refractivity contribution in [3.63, 3.8) is 0 Å². The predicted octanol–water partition coefficient (Wildman–Crippen LogP) is 2.92. The van der Waals surface area contributed by atoms with Crippen molar-refractivity contribution in [3.05, 3.63) is 30.1 Å². The number of hydrogen-bond acceptors (Lipinski definition) is 7. The number of carbonyl (C=O) groups is 2. The van der Waals surface area contributed by atoms with E-state index in [1.807, 2.05) is 0 Å². The monoisotopic (exact) mass is 506 g/mol. The van der Waals surface area contributed by atoms with Crippen molar-refractivity contribution < 1.29 is 27.5 Å². The summed E-state index contributed by atoms with van der Waals surface area (Å²) >= 11 is 0. The van der Waals surface area contributed by atoms with Gasteiger partial charge in [-0.1, -0.05) is 6.92 Å². The Bertz CT molecular complexity index is 1150. The number of rotatable bonds is 6. The summed E-state index contributed by atoms with van der Waals surface area (Å²) in [4.78, 5) is 34.3. The molecule has 2 aliphatic heterocycles. The maximum absolute atomic E-state index is 13.1. The van der Waals surface area contributed by atoms with Gasteiger partial charge in [0.2, 0.25) is 5.91 Å². The number of fused-ring (bicyclic) bond motifs is 1. The number of anilines is 1. The van der Waals surface area contributed by atoms with Gasteiger partial charge in [0.1, 0.15) is 18.2 Å². The van der Waals surface area contributed by atoms with Gasteiger partial charge in [0, 0.05) is 29.9 Å². The Morgan fingerprint density at radius 2 is 2.00 bits per heavy atom. The van der Waals surface area contributed by atoms with E-state index < -0.39 is 11.7 Å². The predicted molar refractivity (Wildman–Crippen MR) is 125 cm³/mol. The number of alkyl halides is 3. The molecule has 1 unspecified atom stereocenters. The highest BCUT2D eigenvalue weighted by atomic mass is 19.4. The van der Waals surface area contributed by atoms with E-state index in [0.717, 1.165) is 50.9 Å². The second-order valence-electron chi connectivity index (χ2n) is 10.2. The lowest BCUT2D eigenvalue weighted by atomic mass is 9.69. The highest BCUT2D eigenvalue weighted by Crippen LogP contribution is 2.43. The first-order valence-corrected chi connectivity index (χ1v) is 12.1. The number of ether oxygens (including phenoxy) is 1. The topological polar surface area (TPSA) is 108 Å². The van der Waals surface area contributed by atoms with Gasteiger partial charge in [-0.25, -0.2) is 14.8 Å². The van der Waals surface area contributed by atoms with Crippen molar-refractivity contribution in [2.45, 2.75) is 57.0 Å². The van der Waals surface area contributed by atoms with Crippen LogP contribution in [0.3, 0.4) is 0 Å². The third-order valence-corrected chi connectivity index (χ3v) is 7.73. The van der Waals surface area contributed by atoms with Gasteiger partial charge in [0.15, 0.2) is 0 Å². The lowest BCUT2D eigenvalue weighted by Crippen LogP contribution is -2.63. The molecular weight excluding hydrogens is 477 g/mol. The molecule has 1 saturated carbocycles. The highest BCUT2D eigenvalue weighted by molar-refractivity contribution is 5.91. The van der Waals surface area contributed by atoms with E-state index >= 15 is 0 Å². The molecule has 12 heteroatoms. The maximum atomic E-state index is 13.1. The number of hydrogen-bond donors (Lipinski definition) is 3. The molecule has 0 spiro atoms. The zero-order valence-electron chi connectivity index (χ0n) is 19.9. The first-order valence-electron chi connectivity index (χ1n) is 12.1. The molecule has 1 aromatic carbocycles. The van der Waals surface area contributed by atoms with Crippen LogP contribution in [0.25, 0.3) is 10.9 Å². The van der Waals surface area contributed by atoms with Crippen molar-refractivity contribution in [3.8, 4) is 0 Å². The number of amides is 2. The second kappa shape index (κ2) is 9.38. The van der Waals surface area contributed by atoms with Gasteiger partial charge in [0.05, 0.1) is 30.2 Å². The minimum absolute atomic E-state index is 0.00809. The van der Waals surface area contributed by atoms with Crippen molar-refractivity contribution >= 4 is 28.7 Å². The smallest absolute Gasteiger partial charge is 0.416 e. The third-order valence-electron chi connectivity index (χ3n) is 7.73. The zero-order valence-corrected chi connectivity index (χ0v) is 19.9. The molecule has 3 aliphatic rings. The molecule has 1 atom stereocenters. The number of carbonyl (C=O) groups excluding carboxylic acids is 2. The quantitative estimate of drug-likeness (QED) is 0.553. The van der Waals surface area contributed by atoms with Crippen LogP contribution in [0.1, 0.15) is 38.2 Å². The average molecular weight is 507 g/mol. The minimum atomic E-state index is -4.48. The van der Waals surface area contributed by atoms with Crippen molar-refractivity contribution in [2.24, 2.45) is 5.41 Å². The fraction of sp³-hybridized carbons (Fsp3) is 0.583. The number of benzene rings is 1. The normalized spacial score (nSPS) is 27.3. The largest absolute Gasteiger partial charge is 0.444 e. The van der Waals surface area contributed by atoms with E-state index in [2.05, 4.69) is 37.7 Å². The lowest BCUT2D eigenvalue weighted by molar-refractivity contribution is -0.137. The Hall–Kier alpha value is -3.15. The fourth-order valence-electron chi connectivity index (χ4n) is 5.45. The first-order chi connectivity index (χ1) is 17.1. The van der Waals surface area contributed by atoms with Crippen LogP contribution < -0.4 is 16.0 Å². The van der Waals surface area contributed by atoms with Gasteiger partial charge < -0.3 is 20.7 Å². The SMILES string of the molecule is CC1(C2CNC(=O)O2)CCC(N2CC(NC(=O)CNc3ncnc4ccc(C(F)(F)F)cc34)C2)CC1. The van der Waals surface area contributed by atoms with Crippen LogP contribution >= 0.6 is 0 Å². The summed E-state index contributed by atoms with van der Waals surface area (Å²) in [5.41, 5.74) is -0.441. The van der Waals surface area contributed by atoms with Crippen LogP contribution in [0.15, 0.2) is 24.5 Å². The average Bonchev–Trinajstić information content (AvgIpc) is 3.27. The number of aromatic nitrogens is 2. The van der Waals surface area contributed by atoms with Gasteiger partial charge in [-0.3, -0.25) is 9.69 Å². The Labute approximate surface area is 206 Å². The molecule has 3 N–H and O–H groups in total. The van der Waals surface area contributed by atoms with Gasteiger partial charge >= 0.3 is 12.3 Å². The van der Waals surface area contributed by atoms with E-state index in [9.17, 15) is 22.8 Å². The minimum Gasteiger partial charge on any atom is -0.444 e. The van der Waals surface area contributed by atoms with Gasteiger partial charge in [-0.05, 0) is 43.9 Å². The molecule has 194 valence electrons. The Balaban J connectivity index is 1.08. The molecule has 0 bridgehead atoms. The fourth-order valence-corrected chi connectivity index (χ4v) is 5.45. The molecule has 0 radical (unpaired) electrons. The summed E-state index contributed by atoms with van der Waals surface area (Å²) in [6.07, 6.45) is 0.372. The summed E-state index contributed by atoms with van der Waals surface area (Å²) in [5, 5.41) is 8.77. The first kappa shape index (κ1) is 24.5. The van der Waals surface area contributed by atoms with E-state index in [4.69, 9.17) is 4.74 Å². The van der Waals surface area contributed by atoms with Gasteiger partial charge in [-0.15, -0.1) is 0 Å². The Kier molecular flexibility index (Phi) is 6.39. The molecule has 36 heavy (non-hydrogen) atoms. The number of nitrogens with zero attached hydrogens (tertiary/aromatic N) is 3. The second-order valence-corrected chi connectivity index (χ2v) is 10.2. The van der Waals surface area contributed by atoms with Gasteiger partial charge in [0.25, 0.3) is 0 Å². The summed E-state index contributed by atoms with van der Waals surface area (Å²) in [6.45, 7) is 4.18. The standard InChI is InChI=1S/C24H29F3N6O3/c1-23(19-9-29-22(35)36-19)6-4-16(5-7-23)33-11-15(12-33)32-20(34)10-28-21-17-8-14(24(25,26)27)2-3-18(17)30-13-31-21/h2-3,8,13,15-16,19H,4-7,9-12H2,1H3,(H,29,35)(H,32,34)(H,28,30,31). The van der Waals surface area contributed by atoms with E-state index in [1.54, 1.807) is 0 Å². The van der Waals surface area contributed by atoms with Crippen LogP contribution in [0.2, 0.25) is 0 Å². The van der Waals surface area contributed by atoms with E-state index in [0.29, 0.717) is 18.1 Å². The summed E-state index contributed by atoms with van der Waals surface area (Å²) in [5.74, 6) is -0.0601. The molecular formula is C24H29F3N6O3. The molecule has 9 nitrogen and oxygen atoms in total. The molecule has 1 aromatic heterocycles. The molecule has 2 saturated heterocycles. The molecule has 5 rings (SSSR count). The van der Waals surface area contributed by atoms with E-state index in [-0.39, 0.29) is 47.3 Å². The van der Waals surface area contributed by atoms with Crippen LogP contribution in [0, 0.1) is 5.41 Å². The van der Waals surface area contributed by atoms with E-state index in [1.165, 1.54) is 12.4 Å². The zero-order chi connectivity index (χ0) is 25.5. The highest BCUT2D eigenvalue weighted by Gasteiger charge is 2.45. The van der Waals surface area contributed by atoms with Crippen LogP contribution in [0.5, 0.6) is 0 Å². The Morgan fingerprint density at radius 1 is 1.25 bits per heavy atom. The third kappa shape index (κ3) is 5.04. The van der Waals surface area contributed by atoms with Crippen molar-refractivity contribution in [1.29, 1.82) is 0 Å². The maximum Gasteiger partial charge on any atom is 0.416 e. The molecule has 3 heterocycles.